The van der Waals surface area contributed by atoms with Gasteiger partial charge in [-0.1, -0.05) is 0 Å². The first-order valence-electron chi connectivity index (χ1n) is 13.5. The van der Waals surface area contributed by atoms with Gasteiger partial charge in [-0.2, -0.15) is 26.3 Å². The lowest BCUT2D eigenvalue weighted by Gasteiger charge is -2.43. The lowest BCUT2D eigenvalue weighted by atomic mass is 9.89. The summed E-state index contributed by atoms with van der Waals surface area (Å²) < 4.78 is 108. The number of amides is 2. The first-order valence-corrected chi connectivity index (χ1v) is 13.5. The summed E-state index contributed by atoms with van der Waals surface area (Å²) >= 11 is 0. The quantitative estimate of drug-likeness (QED) is 0.206. The van der Waals surface area contributed by atoms with E-state index in [-0.39, 0.29) is 32.3 Å². The maximum Gasteiger partial charge on any atom is 0.416 e. The first-order chi connectivity index (χ1) is 20.7. The number of halogens is 6. The number of carbonyl (C=O) groups is 2. The van der Waals surface area contributed by atoms with Crippen LogP contribution in [0.1, 0.15) is 54.1 Å². The van der Waals surface area contributed by atoms with E-state index in [0.29, 0.717) is 41.3 Å². The normalized spacial score (nSPS) is 16.8. The SMILES string of the molecule is CCOC(=O)N1c2cc(COCCOC)c(OC)cc2C(N(Cc2cc(C(F)(F)F)cc(C(F)(F)F)c2)C(=O)OC)CC1C. The van der Waals surface area contributed by atoms with Crippen LogP contribution in [0.25, 0.3) is 0 Å². The van der Waals surface area contributed by atoms with Gasteiger partial charge in [0.05, 0.1) is 63.5 Å². The minimum atomic E-state index is -5.08. The standard InChI is InChI=1S/C29H34F6N2O7/c1-6-44-27(39)37-17(2)9-23(22-14-25(41-4)19(12-24(22)37)16-43-8-7-40-3)36(26(38)42-5)15-18-10-20(28(30,31)32)13-21(11-18)29(33,34)35/h10-14,17,23H,6-9,15-16H2,1-5H3. The maximum atomic E-state index is 13.6. The Kier molecular flexibility index (Phi) is 11.4. The lowest BCUT2D eigenvalue weighted by Crippen LogP contribution is -2.47. The Bertz CT molecular complexity index is 1290. The summed E-state index contributed by atoms with van der Waals surface area (Å²) in [7, 11) is 3.95. The Morgan fingerprint density at radius 1 is 0.955 bits per heavy atom. The second-order valence-electron chi connectivity index (χ2n) is 9.95. The van der Waals surface area contributed by atoms with Crippen LogP contribution in [0.2, 0.25) is 0 Å². The van der Waals surface area contributed by atoms with Gasteiger partial charge in [0, 0.05) is 30.8 Å². The Morgan fingerprint density at radius 3 is 2.11 bits per heavy atom. The van der Waals surface area contributed by atoms with Crippen LogP contribution in [0.3, 0.4) is 0 Å². The molecule has 0 spiro atoms. The van der Waals surface area contributed by atoms with Gasteiger partial charge in [0.1, 0.15) is 5.75 Å². The molecule has 2 aromatic carbocycles. The number of rotatable bonds is 10. The van der Waals surface area contributed by atoms with Crippen molar-refractivity contribution in [2.75, 3.05) is 46.0 Å². The molecule has 0 aromatic heterocycles. The Labute approximate surface area is 250 Å². The molecular weight excluding hydrogens is 602 g/mol. The number of hydrogen-bond acceptors (Lipinski definition) is 7. The number of fused-ring (bicyclic) bond motifs is 1. The number of methoxy groups -OCH3 is 3. The van der Waals surface area contributed by atoms with Crippen molar-refractivity contribution in [1.82, 2.24) is 4.90 Å². The van der Waals surface area contributed by atoms with Gasteiger partial charge >= 0.3 is 24.5 Å². The molecule has 0 N–H and O–H groups in total. The second kappa shape index (κ2) is 14.4. The Morgan fingerprint density at radius 2 is 1.59 bits per heavy atom. The summed E-state index contributed by atoms with van der Waals surface area (Å²) in [6.07, 6.45) is -11.8. The van der Waals surface area contributed by atoms with E-state index in [2.05, 4.69) is 0 Å². The first kappa shape index (κ1) is 34.8. The van der Waals surface area contributed by atoms with Gasteiger partial charge in [0.15, 0.2) is 0 Å². The molecule has 44 heavy (non-hydrogen) atoms. The minimum absolute atomic E-state index is 0.0162. The van der Waals surface area contributed by atoms with Crippen molar-refractivity contribution in [2.24, 2.45) is 0 Å². The molecule has 9 nitrogen and oxygen atoms in total. The van der Waals surface area contributed by atoms with Gasteiger partial charge in [-0.15, -0.1) is 0 Å². The highest BCUT2D eigenvalue weighted by molar-refractivity contribution is 5.91. The number of carbonyl (C=O) groups excluding carboxylic acids is 2. The molecular formula is C29H34F6N2O7. The van der Waals surface area contributed by atoms with Gasteiger partial charge in [0.2, 0.25) is 0 Å². The highest BCUT2D eigenvalue weighted by atomic mass is 19.4. The van der Waals surface area contributed by atoms with E-state index in [0.717, 1.165) is 12.0 Å². The summed E-state index contributed by atoms with van der Waals surface area (Å²) in [6.45, 7) is 3.33. The highest BCUT2D eigenvalue weighted by Gasteiger charge is 2.41. The van der Waals surface area contributed by atoms with Crippen LogP contribution in [0.15, 0.2) is 30.3 Å². The molecule has 1 heterocycles. The molecule has 244 valence electrons. The van der Waals surface area contributed by atoms with Crippen LogP contribution in [0.4, 0.5) is 41.6 Å². The van der Waals surface area contributed by atoms with Crippen LogP contribution in [0.5, 0.6) is 5.75 Å². The molecule has 0 aliphatic carbocycles. The van der Waals surface area contributed by atoms with Crippen molar-refractivity contribution in [2.45, 2.75) is 57.9 Å². The molecule has 0 saturated heterocycles. The average Bonchev–Trinajstić information content (AvgIpc) is 2.96. The molecule has 2 aromatic rings. The number of alkyl halides is 6. The molecule has 0 fully saturated rings. The van der Waals surface area contributed by atoms with Crippen molar-refractivity contribution >= 4 is 17.9 Å². The molecule has 2 unspecified atom stereocenters. The predicted octanol–water partition coefficient (Wildman–Crippen LogP) is 6.96. The summed E-state index contributed by atoms with van der Waals surface area (Å²) in [4.78, 5) is 28.6. The second-order valence-corrected chi connectivity index (χ2v) is 9.95. The van der Waals surface area contributed by atoms with Gasteiger partial charge in [0.25, 0.3) is 0 Å². The van der Waals surface area contributed by atoms with Crippen LogP contribution < -0.4 is 9.64 Å². The molecule has 0 saturated carbocycles. The van der Waals surface area contributed by atoms with Crippen LogP contribution in [0, 0.1) is 0 Å². The van der Waals surface area contributed by atoms with Gasteiger partial charge in [-0.05, 0) is 56.2 Å². The molecule has 0 bridgehead atoms. The van der Waals surface area contributed by atoms with E-state index in [1.165, 1.54) is 19.1 Å². The molecule has 3 rings (SSSR count). The minimum Gasteiger partial charge on any atom is -0.496 e. The van der Waals surface area contributed by atoms with Crippen LogP contribution in [-0.4, -0.2) is 64.3 Å². The molecule has 0 radical (unpaired) electrons. The van der Waals surface area contributed by atoms with Gasteiger partial charge < -0.3 is 23.7 Å². The van der Waals surface area contributed by atoms with E-state index >= 15 is 0 Å². The van der Waals surface area contributed by atoms with E-state index in [4.69, 9.17) is 23.7 Å². The Hall–Kier alpha value is -3.72. The van der Waals surface area contributed by atoms with Gasteiger partial charge in [-0.3, -0.25) is 9.80 Å². The average molecular weight is 637 g/mol. The third-order valence-electron chi connectivity index (χ3n) is 6.99. The molecule has 1 aliphatic heterocycles. The molecule has 15 heteroatoms. The molecule has 1 aliphatic rings. The van der Waals surface area contributed by atoms with E-state index in [9.17, 15) is 35.9 Å². The number of anilines is 1. The maximum absolute atomic E-state index is 13.6. The van der Waals surface area contributed by atoms with E-state index in [1.54, 1.807) is 26.0 Å². The molecule has 2 amide bonds. The summed E-state index contributed by atoms with van der Waals surface area (Å²) in [5, 5.41) is 0. The summed E-state index contributed by atoms with van der Waals surface area (Å²) in [5.41, 5.74) is -2.29. The zero-order valence-electron chi connectivity index (χ0n) is 24.8. The number of hydrogen-bond donors (Lipinski definition) is 0. The van der Waals surface area contributed by atoms with Crippen molar-refractivity contribution in [3.8, 4) is 5.75 Å². The lowest BCUT2D eigenvalue weighted by molar-refractivity contribution is -0.143. The van der Waals surface area contributed by atoms with E-state index < -0.39 is 59.9 Å². The number of ether oxygens (including phenoxy) is 5. The predicted molar refractivity (Wildman–Crippen MR) is 145 cm³/mol. The molecule has 2 atom stereocenters. The topological polar surface area (TPSA) is 86.8 Å². The van der Waals surface area contributed by atoms with Crippen molar-refractivity contribution in [3.05, 3.63) is 58.1 Å². The largest absolute Gasteiger partial charge is 0.496 e. The fourth-order valence-electron chi connectivity index (χ4n) is 5.02. The third-order valence-corrected chi connectivity index (χ3v) is 6.99. The smallest absolute Gasteiger partial charge is 0.416 e. The summed E-state index contributed by atoms with van der Waals surface area (Å²) in [6, 6.07) is 2.72. The van der Waals surface area contributed by atoms with Crippen molar-refractivity contribution in [3.63, 3.8) is 0 Å². The number of nitrogens with zero attached hydrogens (tertiary/aromatic N) is 2. The fourth-order valence-corrected chi connectivity index (χ4v) is 5.02. The van der Waals surface area contributed by atoms with Crippen LogP contribution >= 0.6 is 0 Å². The summed E-state index contributed by atoms with van der Waals surface area (Å²) in [5.74, 6) is 0.313. The van der Waals surface area contributed by atoms with Crippen LogP contribution in [-0.2, 0) is 44.5 Å². The van der Waals surface area contributed by atoms with E-state index in [1.807, 2.05) is 0 Å². The third kappa shape index (κ3) is 8.05. The Balaban J connectivity index is 2.18. The fraction of sp³-hybridized carbons (Fsp3) is 0.517. The highest BCUT2D eigenvalue weighted by Crippen LogP contribution is 2.45. The number of benzene rings is 2. The zero-order chi connectivity index (χ0) is 32.8. The zero-order valence-corrected chi connectivity index (χ0v) is 24.8. The monoisotopic (exact) mass is 636 g/mol. The van der Waals surface area contributed by atoms with Gasteiger partial charge in [-0.25, -0.2) is 9.59 Å². The van der Waals surface area contributed by atoms with Crippen molar-refractivity contribution < 1.29 is 59.6 Å². The van der Waals surface area contributed by atoms with Crippen molar-refractivity contribution in [1.29, 1.82) is 0 Å².